The van der Waals surface area contributed by atoms with Crippen LogP contribution in [0.2, 0.25) is 0 Å². The van der Waals surface area contributed by atoms with E-state index >= 15 is 0 Å². The minimum atomic E-state index is -0.365. The maximum absolute atomic E-state index is 13.8. The lowest BCUT2D eigenvalue weighted by molar-refractivity contribution is 0.321. The van der Waals surface area contributed by atoms with Gasteiger partial charge < -0.3 is 10.1 Å². The van der Waals surface area contributed by atoms with Crippen LogP contribution >= 0.6 is 0 Å². The fourth-order valence-corrected chi connectivity index (χ4v) is 2.12. The summed E-state index contributed by atoms with van der Waals surface area (Å²) in [5, 5.41) is 11.3. The van der Waals surface area contributed by atoms with Crippen molar-refractivity contribution in [2.45, 2.75) is 40.2 Å². The van der Waals surface area contributed by atoms with Gasteiger partial charge in [0.15, 0.2) is 11.6 Å². The molecule has 2 rings (SSSR count). The van der Waals surface area contributed by atoms with Gasteiger partial charge in [-0.05, 0) is 37.5 Å². The van der Waals surface area contributed by atoms with E-state index in [0.29, 0.717) is 19.1 Å². The van der Waals surface area contributed by atoms with Gasteiger partial charge in [-0.1, -0.05) is 19.9 Å². The van der Waals surface area contributed by atoms with Crippen molar-refractivity contribution in [1.29, 1.82) is 0 Å². The molecule has 0 aliphatic rings. The first-order valence-corrected chi connectivity index (χ1v) is 7.55. The van der Waals surface area contributed by atoms with Gasteiger partial charge >= 0.3 is 0 Å². The zero-order valence-electron chi connectivity index (χ0n) is 13.2. The SMILES string of the molecule is CCOc1ccc(CNc2nnc(CC)c(CC)n2)cc1F. The third-order valence-electron chi connectivity index (χ3n) is 3.26. The molecule has 0 amide bonds. The number of aryl methyl sites for hydroxylation is 2. The van der Waals surface area contributed by atoms with E-state index < -0.39 is 0 Å². The lowest BCUT2D eigenvalue weighted by Crippen LogP contribution is -2.09. The van der Waals surface area contributed by atoms with Crippen molar-refractivity contribution in [3.05, 3.63) is 41.0 Å². The maximum atomic E-state index is 13.8. The maximum Gasteiger partial charge on any atom is 0.243 e. The largest absolute Gasteiger partial charge is 0.491 e. The van der Waals surface area contributed by atoms with E-state index in [4.69, 9.17) is 4.74 Å². The molecule has 2 aromatic rings. The number of hydrogen-bond donors (Lipinski definition) is 1. The van der Waals surface area contributed by atoms with Crippen LogP contribution in [-0.2, 0) is 19.4 Å². The Morgan fingerprint density at radius 1 is 1.09 bits per heavy atom. The number of hydrogen-bond acceptors (Lipinski definition) is 5. The predicted octanol–water partition coefficient (Wildman–Crippen LogP) is 3.15. The number of ether oxygens (including phenoxy) is 1. The Kier molecular flexibility index (Phi) is 5.63. The average molecular weight is 304 g/mol. The van der Waals surface area contributed by atoms with Crippen LogP contribution in [0.4, 0.5) is 10.3 Å². The molecule has 0 aliphatic heterocycles. The molecule has 1 aromatic carbocycles. The second-order valence-electron chi connectivity index (χ2n) is 4.79. The molecule has 22 heavy (non-hydrogen) atoms. The van der Waals surface area contributed by atoms with Gasteiger partial charge in [-0.3, -0.25) is 0 Å². The summed E-state index contributed by atoms with van der Waals surface area (Å²) in [6, 6.07) is 4.90. The highest BCUT2D eigenvalue weighted by Gasteiger charge is 2.07. The third kappa shape index (κ3) is 3.90. The summed E-state index contributed by atoms with van der Waals surface area (Å²) < 4.78 is 19.0. The fraction of sp³-hybridized carbons (Fsp3) is 0.438. The zero-order valence-corrected chi connectivity index (χ0v) is 13.2. The van der Waals surface area contributed by atoms with Crippen LogP contribution in [0.1, 0.15) is 37.7 Å². The molecule has 0 bridgehead atoms. The Morgan fingerprint density at radius 2 is 1.86 bits per heavy atom. The normalized spacial score (nSPS) is 10.5. The van der Waals surface area contributed by atoms with Crippen LogP contribution in [0.15, 0.2) is 18.2 Å². The highest BCUT2D eigenvalue weighted by molar-refractivity contribution is 5.33. The molecule has 1 heterocycles. The molecule has 1 N–H and O–H groups in total. The molecule has 0 spiro atoms. The van der Waals surface area contributed by atoms with Crippen molar-refractivity contribution in [2.24, 2.45) is 0 Å². The highest BCUT2D eigenvalue weighted by atomic mass is 19.1. The van der Waals surface area contributed by atoms with Crippen LogP contribution < -0.4 is 10.1 Å². The monoisotopic (exact) mass is 304 g/mol. The van der Waals surface area contributed by atoms with Gasteiger partial charge in [-0.15, -0.1) is 5.10 Å². The molecule has 0 saturated carbocycles. The molecule has 0 radical (unpaired) electrons. The summed E-state index contributed by atoms with van der Waals surface area (Å²) in [4.78, 5) is 4.44. The molecule has 0 atom stereocenters. The minimum Gasteiger partial charge on any atom is -0.491 e. The number of aromatic nitrogens is 3. The molecule has 0 fully saturated rings. The summed E-state index contributed by atoms with van der Waals surface area (Å²) in [5.41, 5.74) is 2.65. The smallest absolute Gasteiger partial charge is 0.243 e. The molecular formula is C16H21FN4O. The number of benzene rings is 1. The van der Waals surface area contributed by atoms with Crippen LogP contribution in [0, 0.1) is 5.82 Å². The number of nitrogens with zero attached hydrogens (tertiary/aromatic N) is 3. The molecule has 0 saturated heterocycles. The van der Waals surface area contributed by atoms with Crippen LogP contribution in [0.25, 0.3) is 0 Å². The topological polar surface area (TPSA) is 59.9 Å². The van der Waals surface area contributed by atoms with Crippen molar-refractivity contribution in [3.8, 4) is 5.75 Å². The molecule has 1 aromatic heterocycles. The van der Waals surface area contributed by atoms with Gasteiger partial charge in [0.2, 0.25) is 5.95 Å². The molecule has 5 nitrogen and oxygen atoms in total. The second-order valence-corrected chi connectivity index (χ2v) is 4.79. The molecule has 0 aliphatic carbocycles. The summed E-state index contributed by atoms with van der Waals surface area (Å²) in [7, 11) is 0. The Labute approximate surface area is 129 Å². The van der Waals surface area contributed by atoms with Crippen LogP contribution in [0.5, 0.6) is 5.75 Å². The number of rotatable bonds is 7. The first-order chi connectivity index (χ1) is 10.7. The van der Waals surface area contributed by atoms with Crippen molar-refractivity contribution in [2.75, 3.05) is 11.9 Å². The predicted molar refractivity (Wildman–Crippen MR) is 83.5 cm³/mol. The van der Waals surface area contributed by atoms with E-state index in [9.17, 15) is 4.39 Å². The van der Waals surface area contributed by atoms with E-state index in [1.165, 1.54) is 6.07 Å². The third-order valence-corrected chi connectivity index (χ3v) is 3.26. The average Bonchev–Trinajstić information content (AvgIpc) is 2.55. The number of halogens is 1. The van der Waals surface area contributed by atoms with Gasteiger partial charge in [0.1, 0.15) is 0 Å². The second kappa shape index (κ2) is 7.68. The minimum absolute atomic E-state index is 0.268. The van der Waals surface area contributed by atoms with Gasteiger partial charge in [-0.2, -0.15) is 5.10 Å². The summed E-state index contributed by atoms with van der Waals surface area (Å²) in [6.07, 6.45) is 1.62. The van der Waals surface area contributed by atoms with Gasteiger partial charge in [0, 0.05) is 6.54 Å². The van der Waals surface area contributed by atoms with Gasteiger partial charge in [0.05, 0.1) is 18.0 Å². The quantitative estimate of drug-likeness (QED) is 0.851. The van der Waals surface area contributed by atoms with E-state index in [0.717, 1.165) is 29.8 Å². The number of nitrogens with one attached hydrogen (secondary N) is 1. The lowest BCUT2D eigenvalue weighted by atomic mass is 10.2. The Bertz CT molecular complexity index is 634. The first-order valence-electron chi connectivity index (χ1n) is 7.55. The molecule has 118 valence electrons. The molecule has 6 heteroatoms. The zero-order chi connectivity index (χ0) is 15.9. The van der Waals surface area contributed by atoms with Crippen LogP contribution in [-0.4, -0.2) is 21.8 Å². The number of anilines is 1. The van der Waals surface area contributed by atoms with Crippen molar-refractivity contribution < 1.29 is 9.13 Å². The van der Waals surface area contributed by atoms with E-state index in [-0.39, 0.29) is 11.6 Å². The van der Waals surface area contributed by atoms with Crippen molar-refractivity contribution in [3.63, 3.8) is 0 Å². The Balaban J connectivity index is 2.05. The Morgan fingerprint density at radius 3 is 2.50 bits per heavy atom. The molecular weight excluding hydrogens is 283 g/mol. The lowest BCUT2D eigenvalue weighted by Gasteiger charge is -2.09. The molecule has 0 unspecified atom stereocenters. The summed E-state index contributed by atoms with van der Waals surface area (Å²) in [6.45, 7) is 6.76. The standard InChI is InChI=1S/C16H21FN4O/c1-4-13-14(5-2)20-21-16(19-13)18-10-11-7-8-15(22-6-3)12(17)9-11/h7-9H,4-6,10H2,1-3H3,(H,18,19,21). The van der Waals surface area contributed by atoms with Crippen molar-refractivity contribution in [1.82, 2.24) is 15.2 Å². The van der Waals surface area contributed by atoms with Crippen molar-refractivity contribution >= 4 is 5.95 Å². The summed E-state index contributed by atoms with van der Waals surface area (Å²) >= 11 is 0. The fourth-order valence-electron chi connectivity index (χ4n) is 2.12. The van der Waals surface area contributed by atoms with E-state index in [2.05, 4.69) is 20.5 Å². The van der Waals surface area contributed by atoms with E-state index in [1.807, 2.05) is 26.8 Å². The summed E-state index contributed by atoms with van der Waals surface area (Å²) in [5.74, 6) is 0.365. The Hall–Kier alpha value is -2.24. The van der Waals surface area contributed by atoms with Gasteiger partial charge in [0.25, 0.3) is 0 Å². The van der Waals surface area contributed by atoms with Crippen LogP contribution in [0.3, 0.4) is 0 Å². The first kappa shape index (κ1) is 16.1. The highest BCUT2D eigenvalue weighted by Crippen LogP contribution is 2.18. The van der Waals surface area contributed by atoms with E-state index in [1.54, 1.807) is 6.07 Å². The van der Waals surface area contributed by atoms with Gasteiger partial charge in [-0.25, -0.2) is 9.37 Å².